The molecule has 2 atom stereocenters. The molecule has 0 fully saturated rings. The highest BCUT2D eigenvalue weighted by atomic mass is 16.7. The van der Waals surface area contributed by atoms with Crippen LogP contribution in [0.4, 0.5) is 5.69 Å². The molecule has 0 radical (unpaired) electrons. The quantitative estimate of drug-likeness (QED) is 0.505. The second kappa shape index (κ2) is 9.32. The van der Waals surface area contributed by atoms with E-state index in [1.54, 1.807) is 21.3 Å². The molecule has 0 aliphatic carbocycles. The summed E-state index contributed by atoms with van der Waals surface area (Å²) in [6.07, 6.45) is -0.593. The van der Waals surface area contributed by atoms with Gasteiger partial charge in [-0.25, -0.2) is 0 Å². The van der Waals surface area contributed by atoms with Crippen LogP contribution >= 0.6 is 0 Å². The molecule has 0 spiro atoms. The van der Waals surface area contributed by atoms with E-state index >= 15 is 0 Å². The molecular weight excluding hydrogens is 434 g/mol. The van der Waals surface area contributed by atoms with E-state index in [1.807, 2.05) is 54.3 Å². The standard InChI is InChI=1S/C25H33N5O4/c1-17(2)19-12-8-9-13-20(19)30(16-22-26-28-29(4)27-22)25(31)15-18-11-7-10-14-21(18)34-24(25,3)23(32-5)33-6/h7-14,17,23,31H,15-16H2,1-6H3. The Balaban J connectivity index is 1.95. The third-order valence-electron chi connectivity index (χ3n) is 6.55. The van der Waals surface area contributed by atoms with Crippen molar-refractivity contribution in [1.29, 1.82) is 0 Å². The van der Waals surface area contributed by atoms with Gasteiger partial charge in [-0.2, -0.15) is 4.80 Å². The van der Waals surface area contributed by atoms with Gasteiger partial charge in [0.1, 0.15) is 5.75 Å². The Morgan fingerprint density at radius 3 is 2.44 bits per heavy atom. The molecule has 3 aromatic rings. The largest absolute Gasteiger partial charge is 0.477 e. The number of rotatable bonds is 8. The molecule has 1 aliphatic heterocycles. The maximum atomic E-state index is 12.7. The van der Waals surface area contributed by atoms with E-state index in [2.05, 4.69) is 35.3 Å². The minimum Gasteiger partial charge on any atom is -0.477 e. The first-order valence-corrected chi connectivity index (χ1v) is 11.4. The van der Waals surface area contributed by atoms with Crippen LogP contribution in [0.25, 0.3) is 0 Å². The van der Waals surface area contributed by atoms with Crippen molar-refractivity contribution in [3.63, 3.8) is 0 Å². The number of fused-ring (bicyclic) bond motifs is 1. The van der Waals surface area contributed by atoms with Gasteiger partial charge in [0.15, 0.2) is 11.5 Å². The summed E-state index contributed by atoms with van der Waals surface area (Å²) in [4.78, 5) is 3.31. The lowest BCUT2D eigenvalue weighted by Crippen LogP contribution is -2.73. The number of para-hydroxylation sites is 2. The summed E-state index contributed by atoms with van der Waals surface area (Å²) in [5, 5.41) is 25.3. The molecule has 1 N–H and O–H groups in total. The molecule has 0 amide bonds. The average molecular weight is 468 g/mol. The molecule has 0 saturated heterocycles. The van der Waals surface area contributed by atoms with Gasteiger partial charge in [0.2, 0.25) is 11.9 Å². The smallest absolute Gasteiger partial charge is 0.204 e. The van der Waals surface area contributed by atoms with Crippen LogP contribution in [0, 0.1) is 0 Å². The maximum absolute atomic E-state index is 12.7. The molecule has 2 unspecified atom stereocenters. The Hall–Kier alpha value is -3.01. The summed E-state index contributed by atoms with van der Waals surface area (Å²) < 4.78 is 17.9. The first-order chi connectivity index (χ1) is 16.2. The summed E-state index contributed by atoms with van der Waals surface area (Å²) in [7, 11) is 4.80. The van der Waals surface area contributed by atoms with Crippen LogP contribution in [-0.2, 0) is 29.5 Å². The van der Waals surface area contributed by atoms with Crippen LogP contribution in [0.5, 0.6) is 5.75 Å². The molecule has 4 rings (SSSR count). The predicted octanol–water partition coefficient (Wildman–Crippen LogP) is 3.04. The van der Waals surface area contributed by atoms with Gasteiger partial charge < -0.3 is 24.2 Å². The molecule has 1 aromatic heterocycles. The molecule has 182 valence electrons. The van der Waals surface area contributed by atoms with Gasteiger partial charge in [-0.05, 0) is 41.3 Å². The van der Waals surface area contributed by atoms with E-state index in [0.29, 0.717) is 11.6 Å². The fourth-order valence-electron chi connectivity index (χ4n) is 4.81. The minimum absolute atomic E-state index is 0.204. The van der Waals surface area contributed by atoms with Crippen molar-refractivity contribution in [2.45, 2.75) is 57.3 Å². The summed E-state index contributed by atoms with van der Waals surface area (Å²) in [5.41, 5.74) is -0.0908. The number of methoxy groups -OCH3 is 2. The third-order valence-corrected chi connectivity index (χ3v) is 6.55. The fourth-order valence-corrected chi connectivity index (χ4v) is 4.81. The lowest BCUT2D eigenvalue weighted by atomic mass is 9.80. The summed E-state index contributed by atoms with van der Waals surface area (Å²) >= 11 is 0. The zero-order valence-corrected chi connectivity index (χ0v) is 20.6. The zero-order valence-electron chi connectivity index (χ0n) is 20.6. The second-order valence-electron chi connectivity index (χ2n) is 9.11. The molecule has 0 bridgehead atoms. The highest BCUT2D eigenvalue weighted by Gasteiger charge is 2.61. The zero-order chi connectivity index (χ0) is 24.5. The van der Waals surface area contributed by atoms with Gasteiger partial charge in [0.25, 0.3) is 0 Å². The van der Waals surface area contributed by atoms with E-state index < -0.39 is 17.6 Å². The second-order valence-corrected chi connectivity index (χ2v) is 9.11. The van der Waals surface area contributed by atoms with Crippen molar-refractivity contribution in [2.75, 3.05) is 19.1 Å². The number of benzene rings is 2. The number of nitrogens with zero attached hydrogens (tertiary/aromatic N) is 5. The molecule has 0 saturated carbocycles. The van der Waals surface area contributed by atoms with Gasteiger partial charge in [0, 0.05) is 26.3 Å². The van der Waals surface area contributed by atoms with E-state index in [1.165, 1.54) is 4.80 Å². The third kappa shape index (κ3) is 4.04. The van der Waals surface area contributed by atoms with Crippen LogP contribution < -0.4 is 9.64 Å². The van der Waals surface area contributed by atoms with Gasteiger partial charge in [-0.15, -0.1) is 10.2 Å². The van der Waals surface area contributed by atoms with E-state index in [4.69, 9.17) is 14.2 Å². The van der Waals surface area contributed by atoms with E-state index in [0.717, 1.165) is 16.8 Å². The SMILES string of the molecule is COC(OC)C1(C)Oc2ccccc2CC1(O)N(Cc1nnn(C)n1)c1ccccc1C(C)C. The number of hydrogen-bond acceptors (Lipinski definition) is 8. The number of aryl methyl sites for hydroxylation is 1. The molecule has 1 aliphatic rings. The minimum atomic E-state index is -1.60. The highest BCUT2D eigenvalue weighted by molar-refractivity contribution is 5.58. The first kappa shape index (κ1) is 24.1. The maximum Gasteiger partial charge on any atom is 0.204 e. The van der Waals surface area contributed by atoms with Crippen molar-refractivity contribution in [3.05, 3.63) is 65.5 Å². The Morgan fingerprint density at radius 1 is 1.12 bits per heavy atom. The lowest BCUT2D eigenvalue weighted by molar-refractivity contribution is -0.266. The van der Waals surface area contributed by atoms with Crippen molar-refractivity contribution >= 4 is 5.69 Å². The predicted molar refractivity (Wildman–Crippen MR) is 127 cm³/mol. The van der Waals surface area contributed by atoms with Crippen molar-refractivity contribution in [3.8, 4) is 5.75 Å². The Kier molecular flexibility index (Phi) is 6.62. The molecule has 2 heterocycles. The topological polar surface area (TPSA) is 94.8 Å². The van der Waals surface area contributed by atoms with Crippen LogP contribution in [0.3, 0.4) is 0 Å². The van der Waals surface area contributed by atoms with Gasteiger partial charge in [-0.1, -0.05) is 50.2 Å². The van der Waals surface area contributed by atoms with Crippen molar-refractivity contribution in [1.82, 2.24) is 20.2 Å². The Morgan fingerprint density at radius 2 is 1.79 bits per heavy atom. The molecule has 2 aromatic carbocycles. The molecule has 9 nitrogen and oxygen atoms in total. The fraction of sp³-hybridized carbons (Fsp3) is 0.480. The Bertz CT molecular complexity index is 1130. The van der Waals surface area contributed by atoms with Crippen molar-refractivity contribution < 1.29 is 19.3 Å². The van der Waals surface area contributed by atoms with Crippen LogP contribution in [-0.4, -0.2) is 57.1 Å². The van der Waals surface area contributed by atoms with Gasteiger partial charge in [-0.3, -0.25) is 0 Å². The summed E-state index contributed by atoms with van der Waals surface area (Å²) in [6, 6.07) is 15.7. The number of ether oxygens (including phenoxy) is 3. The number of anilines is 1. The number of aliphatic hydroxyl groups is 1. The first-order valence-electron chi connectivity index (χ1n) is 11.4. The number of tetrazole rings is 1. The van der Waals surface area contributed by atoms with Gasteiger partial charge >= 0.3 is 0 Å². The molecule has 9 heteroatoms. The average Bonchev–Trinajstić information content (AvgIpc) is 3.23. The summed E-state index contributed by atoms with van der Waals surface area (Å²) in [5.74, 6) is 1.37. The van der Waals surface area contributed by atoms with E-state index in [9.17, 15) is 5.11 Å². The molecule has 34 heavy (non-hydrogen) atoms. The normalized spacial score (nSPS) is 22.0. The van der Waals surface area contributed by atoms with E-state index in [-0.39, 0.29) is 18.9 Å². The lowest BCUT2D eigenvalue weighted by Gasteiger charge is -2.55. The van der Waals surface area contributed by atoms with Crippen LogP contribution in [0.1, 0.15) is 43.6 Å². The van der Waals surface area contributed by atoms with Crippen LogP contribution in [0.15, 0.2) is 48.5 Å². The molecular formula is C25H33N5O4. The van der Waals surface area contributed by atoms with Crippen LogP contribution in [0.2, 0.25) is 0 Å². The number of aromatic nitrogens is 4. The Labute approximate surface area is 200 Å². The highest BCUT2D eigenvalue weighted by Crippen LogP contribution is 2.47. The van der Waals surface area contributed by atoms with Crippen molar-refractivity contribution in [2.24, 2.45) is 7.05 Å². The number of hydrogen-bond donors (Lipinski definition) is 1. The monoisotopic (exact) mass is 467 g/mol. The van der Waals surface area contributed by atoms with Gasteiger partial charge in [0.05, 0.1) is 13.6 Å². The summed E-state index contributed by atoms with van der Waals surface area (Å²) in [6.45, 7) is 6.27.